The monoisotopic (exact) mass is 328 g/mol. The number of aryl methyl sites for hydroxylation is 1. The molecule has 5 nitrogen and oxygen atoms in total. The lowest BCUT2D eigenvalue weighted by atomic mass is 10.1. The number of β-amino-alcohol motifs (C(OH)–C–C–N with tert-alkyl or cyclic N) is 1. The van der Waals surface area contributed by atoms with Crippen molar-refractivity contribution >= 4 is 0 Å². The van der Waals surface area contributed by atoms with E-state index in [4.69, 9.17) is 9.47 Å². The second kappa shape index (κ2) is 7.75. The van der Waals surface area contributed by atoms with E-state index in [0.29, 0.717) is 19.7 Å². The normalized spacial score (nSPS) is 22.1. The van der Waals surface area contributed by atoms with E-state index in [1.54, 1.807) is 6.20 Å². The third-order valence-corrected chi connectivity index (χ3v) is 4.18. The van der Waals surface area contributed by atoms with Gasteiger partial charge in [-0.25, -0.2) is 0 Å². The highest BCUT2D eigenvalue weighted by molar-refractivity contribution is 5.21. The molecule has 1 atom stereocenters. The first-order chi connectivity index (χ1) is 11.6. The average molecular weight is 328 g/mol. The van der Waals surface area contributed by atoms with Crippen molar-refractivity contribution in [1.29, 1.82) is 0 Å². The van der Waals surface area contributed by atoms with Crippen LogP contribution in [0.25, 0.3) is 0 Å². The first kappa shape index (κ1) is 16.9. The van der Waals surface area contributed by atoms with E-state index in [2.05, 4.69) is 22.9 Å². The van der Waals surface area contributed by atoms with Gasteiger partial charge in [-0.3, -0.25) is 9.88 Å². The fourth-order valence-corrected chi connectivity index (χ4v) is 2.85. The first-order valence-electron chi connectivity index (χ1n) is 8.25. The van der Waals surface area contributed by atoms with E-state index in [-0.39, 0.29) is 13.2 Å². The standard InChI is InChI=1S/C19H24N2O3/c1-16-6-5-9-20-18(16)12-21-10-11-23-14-19(22,13-21)15-24-17-7-3-2-4-8-17/h2-9,22H,10-15H2,1H3/t19-/m0/s1. The van der Waals surface area contributed by atoms with Gasteiger partial charge in [0, 0.05) is 25.8 Å². The van der Waals surface area contributed by atoms with E-state index >= 15 is 0 Å². The van der Waals surface area contributed by atoms with Crippen LogP contribution in [-0.2, 0) is 11.3 Å². The maximum absolute atomic E-state index is 10.9. The summed E-state index contributed by atoms with van der Waals surface area (Å²) in [7, 11) is 0. The molecule has 5 heteroatoms. The summed E-state index contributed by atoms with van der Waals surface area (Å²) in [6.45, 7) is 5.09. The lowest BCUT2D eigenvalue weighted by molar-refractivity contribution is -0.0647. The zero-order valence-corrected chi connectivity index (χ0v) is 14.0. The van der Waals surface area contributed by atoms with Crippen LogP contribution in [0, 0.1) is 6.92 Å². The predicted molar refractivity (Wildman–Crippen MR) is 92.0 cm³/mol. The van der Waals surface area contributed by atoms with Crippen molar-refractivity contribution in [2.24, 2.45) is 0 Å². The molecule has 1 aliphatic heterocycles. The van der Waals surface area contributed by atoms with E-state index in [1.165, 1.54) is 0 Å². The molecule has 0 aliphatic carbocycles. The number of ether oxygens (including phenoxy) is 2. The van der Waals surface area contributed by atoms with Crippen molar-refractivity contribution < 1.29 is 14.6 Å². The number of aliphatic hydroxyl groups is 1. The van der Waals surface area contributed by atoms with Crippen LogP contribution in [0.3, 0.4) is 0 Å². The van der Waals surface area contributed by atoms with Crippen LogP contribution in [-0.4, -0.2) is 53.5 Å². The van der Waals surface area contributed by atoms with Gasteiger partial charge in [-0.2, -0.15) is 0 Å². The third-order valence-electron chi connectivity index (χ3n) is 4.18. The number of rotatable bonds is 5. The highest BCUT2D eigenvalue weighted by Gasteiger charge is 2.33. The summed E-state index contributed by atoms with van der Waals surface area (Å²) >= 11 is 0. The largest absolute Gasteiger partial charge is 0.490 e. The Balaban J connectivity index is 1.64. The molecule has 1 aliphatic rings. The molecule has 0 radical (unpaired) electrons. The van der Waals surface area contributed by atoms with Crippen molar-refractivity contribution in [2.45, 2.75) is 19.1 Å². The maximum atomic E-state index is 10.9. The molecule has 1 fully saturated rings. The molecule has 0 amide bonds. The van der Waals surface area contributed by atoms with E-state index in [1.807, 2.05) is 36.4 Å². The molecular formula is C19H24N2O3. The summed E-state index contributed by atoms with van der Waals surface area (Å²) in [4.78, 5) is 6.63. The minimum absolute atomic E-state index is 0.203. The van der Waals surface area contributed by atoms with Crippen molar-refractivity contribution in [1.82, 2.24) is 9.88 Å². The molecular weight excluding hydrogens is 304 g/mol. The summed E-state index contributed by atoms with van der Waals surface area (Å²) in [5, 5.41) is 10.9. The topological polar surface area (TPSA) is 54.8 Å². The summed E-state index contributed by atoms with van der Waals surface area (Å²) in [5.74, 6) is 0.752. The SMILES string of the molecule is Cc1cccnc1CN1CCOC[C@](O)(COc2ccccc2)C1. The Hall–Kier alpha value is -1.95. The molecule has 128 valence electrons. The zero-order chi connectivity index (χ0) is 16.8. The number of para-hydroxylation sites is 1. The van der Waals surface area contributed by atoms with Gasteiger partial charge >= 0.3 is 0 Å². The van der Waals surface area contributed by atoms with Crippen LogP contribution in [0.15, 0.2) is 48.7 Å². The number of benzene rings is 1. The Morgan fingerprint density at radius 2 is 2.08 bits per heavy atom. The van der Waals surface area contributed by atoms with Gasteiger partial charge < -0.3 is 14.6 Å². The van der Waals surface area contributed by atoms with Gasteiger partial charge in [0.15, 0.2) is 0 Å². The van der Waals surface area contributed by atoms with E-state index in [9.17, 15) is 5.11 Å². The van der Waals surface area contributed by atoms with Crippen molar-refractivity contribution in [2.75, 3.05) is 32.9 Å². The van der Waals surface area contributed by atoms with Crippen LogP contribution >= 0.6 is 0 Å². The van der Waals surface area contributed by atoms with Gasteiger partial charge in [-0.05, 0) is 30.7 Å². The second-order valence-corrected chi connectivity index (χ2v) is 6.36. The minimum Gasteiger partial charge on any atom is -0.490 e. The zero-order valence-electron chi connectivity index (χ0n) is 14.0. The van der Waals surface area contributed by atoms with Crippen molar-refractivity contribution in [3.05, 3.63) is 59.9 Å². The van der Waals surface area contributed by atoms with Gasteiger partial charge in [-0.1, -0.05) is 24.3 Å². The molecule has 3 rings (SSSR count). The summed E-state index contributed by atoms with van der Waals surface area (Å²) in [6, 6.07) is 13.5. The summed E-state index contributed by atoms with van der Waals surface area (Å²) in [5.41, 5.74) is 1.16. The number of hydrogen-bond acceptors (Lipinski definition) is 5. The van der Waals surface area contributed by atoms with Gasteiger partial charge in [-0.15, -0.1) is 0 Å². The molecule has 1 aromatic heterocycles. The van der Waals surface area contributed by atoms with Crippen LogP contribution in [0.4, 0.5) is 0 Å². The molecule has 2 heterocycles. The highest BCUT2D eigenvalue weighted by Crippen LogP contribution is 2.18. The van der Waals surface area contributed by atoms with E-state index in [0.717, 1.165) is 23.6 Å². The Morgan fingerprint density at radius 1 is 1.25 bits per heavy atom. The third kappa shape index (κ3) is 4.54. The molecule has 0 bridgehead atoms. The Kier molecular flexibility index (Phi) is 5.45. The van der Waals surface area contributed by atoms with Crippen LogP contribution in [0.2, 0.25) is 0 Å². The number of aromatic nitrogens is 1. The van der Waals surface area contributed by atoms with Crippen LogP contribution in [0.1, 0.15) is 11.3 Å². The highest BCUT2D eigenvalue weighted by atomic mass is 16.5. The minimum atomic E-state index is -1.03. The first-order valence-corrected chi connectivity index (χ1v) is 8.25. The molecule has 24 heavy (non-hydrogen) atoms. The summed E-state index contributed by atoms with van der Waals surface area (Å²) < 4.78 is 11.4. The fourth-order valence-electron chi connectivity index (χ4n) is 2.85. The molecule has 0 spiro atoms. The number of hydrogen-bond donors (Lipinski definition) is 1. The molecule has 1 aromatic carbocycles. The number of nitrogens with zero attached hydrogens (tertiary/aromatic N) is 2. The molecule has 1 saturated heterocycles. The lowest BCUT2D eigenvalue weighted by Gasteiger charge is -2.30. The fraction of sp³-hybridized carbons (Fsp3) is 0.421. The van der Waals surface area contributed by atoms with Crippen LogP contribution < -0.4 is 4.74 Å². The predicted octanol–water partition coefficient (Wildman–Crippen LogP) is 2.03. The summed E-state index contributed by atoms with van der Waals surface area (Å²) in [6.07, 6.45) is 1.81. The number of pyridine rings is 1. The van der Waals surface area contributed by atoms with Gasteiger partial charge in [0.2, 0.25) is 0 Å². The second-order valence-electron chi connectivity index (χ2n) is 6.36. The van der Waals surface area contributed by atoms with Crippen LogP contribution in [0.5, 0.6) is 5.75 Å². The van der Waals surface area contributed by atoms with Crippen molar-refractivity contribution in [3.8, 4) is 5.75 Å². The molecule has 2 aromatic rings. The molecule has 0 saturated carbocycles. The molecule has 1 N–H and O–H groups in total. The van der Waals surface area contributed by atoms with Gasteiger partial charge in [0.1, 0.15) is 18.0 Å². The van der Waals surface area contributed by atoms with E-state index < -0.39 is 5.60 Å². The van der Waals surface area contributed by atoms with Gasteiger partial charge in [0.05, 0.1) is 18.9 Å². The average Bonchev–Trinajstić information content (AvgIpc) is 2.78. The Bertz CT molecular complexity index is 650. The quantitative estimate of drug-likeness (QED) is 0.910. The Morgan fingerprint density at radius 3 is 2.88 bits per heavy atom. The lowest BCUT2D eigenvalue weighted by Crippen LogP contribution is -2.48. The molecule has 0 unspecified atom stereocenters. The maximum Gasteiger partial charge on any atom is 0.134 e. The van der Waals surface area contributed by atoms with Crippen molar-refractivity contribution in [3.63, 3.8) is 0 Å². The van der Waals surface area contributed by atoms with Gasteiger partial charge in [0.25, 0.3) is 0 Å². The Labute approximate surface area is 142 Å². The smallest absolute Gasteiger partial charge is 0.134 e.